The molecule has 0 spiro atoms. The Hall–Kier alpha value is -0.620. The zero-order chi connectivity index (χ0) is 11.2. The van der Waals surface area contributed by atoms with Crippen LogP contribution in [0.15, 0.2) is 0 Å². The standard InChI is InChI=1S/C8H17NO4S/c1-4-14(11,12)6-5-9(2)7-8(10)13-3/h4-7H2,1-3H3. The summed E-state index contributed by atoms with van der Waals surface area (Å²) in [5.74, 6) is -0.142. The third-order valence-electron chi connectivity index (χ3n) is 1.85. The van der Waals surface area contributed by atoms with Crippen molar-refractivity contribution in [2.45, 2.75) is 6.92 Å². The molecule has 0 rings (SSSR count). The second kappa shape index (κ2) is 5.98. The van der Waals surface area contributed by atoms with E-state index < -0.39 is 9.84 Å². The minimum Gasteiger partial charge on any atom is -0.468 e. The van der Waals surface area contributed by atoms with Gasteiger partial charge in [0.05, 0.1) is 19.4 Å². The minimum absolute atomic E-state index is 0.0804. The molecule has 0 saturated carbocycles. The van der Waals surface area contributed by atoms with Crippen LogP contribution in [-0.2, 0) is 19.4 Å². The Morgan fingerprint density at radius 3 is 2.43 bits per heavy atom. The molecule has 0 atom stereocenters. The lowest BCUT2D eigenvalue weighted by molar-refractivity contribution is -0.141. The molecular formula is C8H17NO4S. The number of likely N-dealkylation sites (N-methyl/N-ethyl adjacent to an activating group) is 1. The van der Waals surface area contributed by atoms with Crippen molar-refractivity contribution in [1.29, 1.82) is 0 Å². The van der Waals surface area contributed by atoms with E-state index in [1.54, 1.807) is 18.9 Å². The maximum absolute atomic E-state index is 11.1. The molecule has 0 N–H and O–H groups in total. The molecule has 14 heavy (non-hydrogen) atoms. The molecule has 0 aliphatic rings. The molecule has 5 nitrogen and oxygen atoms in total. The average Bonchev–Trinajstić information content (AvgIpc) is 2.15. The number of hydrogen-bond acceptors (Lipinski definition) is 5. The van der Waals surface area contributed by atoms with Gasteiger partial charge in [0.25, 0.3) is 0 Å². The monoisotopic (exact) mass is 223 g/mol. The van der Waals surface area contributed by atoms with Gasteiger partial charge in [0, 0.05) is 12.3 Å². The van der Waals surface area contributed by atoms with Gasteiger partial charge in [-0.1, -0.05) is 6.92 Å². The van der Waals surface area contributed by atoms with Gasteiger partial charge >= 0.3 is 5.97 Å². The molecule has 0 aromatic rings. The lowest BCUT2D eigenvalue weighted by Crippen LogP contribution is -2.31. The van der Waals surface area contributed by atoms with Crippen LogP contribution >= 0.6 is 0 Å². The second-order valence-electron chi connectivity index (χ2n) is 3.05. The zero-order valence-corrected chi connectivity index (χ0v) is 9.63. The number of methoxy groups -OCH3 is 1. The van der Waals surface area contributed by atoms with Crippen molar-refractivity contribution < 1.29 is 17.9 Å². The molecular weight excluding hydrogens is 206 g/mol. The van der Waals surface area contributed by atoms with Crippen LogP contribution in [0.4, 0.5) is 0 Å². The summed E-state index contributed by atoms with van der Waals surface area (Å²) in [5.41, 5.74) is 0. The van der Waals surface area contributed by atoms with Gasteiger partial charge in [-0.25, -0.2) is 8.42 Å². The Kier molecular flexibility index (Phi) is 5.71. The first-order chi connectivity index (χ1) is 6.41. The Labute approximate surface area is 85.0 Å². The van der Waals surface area contributed by atoms with Gasteiger partial charge in [-0.3, -0.25) is 9.69 Å². The quantitative estimate of drug-likeness (QED) is 0.569. The number of hydrogen-bond donors (Lipinski definition) is 0. The van der Waals surface area contributed by atoms with Gasteiger partial charge in [-0.05, 0) is 7.05 Å². The van der Waals surface area contributed by atoms with E-state index in [-0.39, 0.29) is 24.0 Å². The first-order valence-corrected chi connectivity index (χ1v) is 6.19. The van der Waals surface area contributed by atoms with Crippen molar-refractivity contribution in [2.75, 3.05) is 38.8 Å². The molecule has 0 radical (unpaired) electrons. The molecule has 0 aromatic heterocycles. The van der Waals surface area contributed by atoms with Crippen LogP contribution in [0.5, 0.6) is 0 Å². The normalized spacial score (nSPS) is 11.7. The summed E-state index contributed by atoms with van der Waals surface area (Å²) >= 11 is 0. The van der Waals surface area contributed by atoms with Crippen molar-refractivity contribution in [2.24, 2.45) is 0 Å². The molecule has 6 heteroatoms. The Morgan fingerprint density at radius 1 is 1.43 bits per heavy atom. The van der Waals surface area contributed by atoms with Crippen LogP contribution in [0.1, 0.15) is 6.92 Å². The summed E-state index contributed by atoms with van der Waals surface area (Å²) in [6, 6.07) is 0. The van der Waals surface area contributed by atoms with E-state index in [1.165, 1.54) is 7.11 Å². The average molecular weight is 223 g/mol. The summed E-state index contributed by atoms with van der Waals surface area (Å²) in [6.45, 7) is 2.08. The summed E-state index contributed by atoms with van der Waals surface area (Å²) in [5, 5.41) is 0. The fourth-order valence-electron chi connectivity index (χ4n) is 0.803. The predicted molar refractivity (Wildman–Crippen MR) is 53.8 cm³/mol. The van der Waals surface area contributed by atoms with E-state index in [2.05, 4.69) is 4.74 Å². The molecule has 0 aliphatic heterocycles. The van der Waals surface area contributed by atoms with Crippen molar-refractivity contribution in [3.8, 4) is 0 Å². The van der Waals surface area contributed by atoms with Gasteiger partial charge in [-0.15, -0.1) is 0 Å². The molecule has 84 valence electrons. The Morgan fingerprint density at radius 2 is 2.00 bits per heavy atom. The predicted octanol–water partition coefficient (Wildman–Crippen LogP) is -0.474. The van der Waals surface area contributed by atoms with E-state index in [9.17, 15) is 13.2 Å². The van der Waals surface area contributed by atoms with Crippen molar-refractivity contribution in [3.63, 3.8) is 0 Å². The largest absolute Gasteiger partial charge is 0.468 e. The van der Waals surface area contributed by atoms with E-state index >= 15 is 0 Å². The fourth-order valence-corrected chi connectivity index (χ4v) is 1.68. The molecule has 0 heterocycles. The number of carbonyl (C=O) groups is 1. The Bertz CT molecular complexity index is 273. The molecule has 0 unspecified atom stereocenters. The van der Waals surface area contributed by atoms with E-state index in [0.29, 0.717) is 6.54 Å². The van der Waals surface area contributed by atoms with Crippen molar-refractivity contribution >= 4 is 15.8 Å². The number of sulfone groups is 1. The number of nitrogens with zero attached hydrogens (tertiary/aromatic N) is 1. The number of ether oxygens (including phenoxy) is 1. The third-order valence-corrected chi connectivity index (χ3v) is 3.53. The highest BCUT2D eigenvalue weighted by Crippen LogP contribution is 1.92. The second-order valence-corrected chi connectivity index (χ2v) is 5.52. The van der Waals surface area contributed by atoms with Gasteiger partial charge in [-0.2, -0.15) is 0 Å². The van der Waals surface area contributed by atoms with E-state index in [4.69, 9.17) is 0 Å². The maximum Gasteiger partial charge on any atom is 0.319 e. The summed E-state index contributed by atoms with van der Waals surface area (Å²) < 4.78 is 26.7. The number of rotatable bonds is 6. The van der Waals surface area contributed by atoms with Crippen molar-refractivity contribution in [3.05, 3.63) is 0 Å². The third kappa shape index (κ3) is 5.93. The topological polar surface area (TPSA) is 63.7 Å². The van der Waals surface area contributed by atoms with Crippen LogP contribution < -0.4 is 0 Å². The first kappa shape index (κ1) is 13.4. The number of carbonyl (C=O) groups excluding carboxylic acids is 1. The van der Waals surface area contributed by atoms with Crippen LogP contribution in [0.2, 0.25) is 0 Å². The zero-order valence-electron chi connectivity index (χ0n) is 8.82. The molecule has 0 bridgehead atoms. The minimum atomic E-state index is -2.95. The molecule has 0 fully saturated rings. The maximum atomic E-state index is 11.1. The van der Waals surface area contributed by atoms with Gasteiger partial charge < -0.3 is 4.74 Å². The molecule has 0 amide bonds. The van der Waals surface area contributed by atoms with Crippen LogP contribution in [0, 0.1) is 0 Å². The first-order valence-electron chi connectivity index (χ1n) is 4.37. The molecule has 0 aliphatic carbocycles. The summed E-state index contributed by atoms with van der Waals surface area (Å²) in [4.78, 5) is 12.4. The van der Waals surface area contributed by atoms with E-state index in [1.807, 2.05) is 0 Å². The van der Waals surface area contributed by atoms with Crippen LogP contribution in [0.25, 0.3) is 0 Å². The lowest BCUT2D eigenvalue weighted by Gasteiger charge is -2.14. The highest BCUT2D eigenvalue weighted by Gasteiger charge is 2.11. The Balaban J connectivity index is 3.86. The smallest absolute Gasteiger partial charge is 0.319 e. The number of esters is 1. The molecule has 0 saturated heterocycles. The highest BCUT2D eigenvalue weighted by molar-refractivity contribution is 7.91. The fraction of sp³-hybridized carbons (Fsp3) is 0.875. The van der Waals surface area contributed by atoms with E-state index in [0.717, 1.165) is 0 Å². The van der Waals surface area contributed by atoms with Gasteiger partial charge in [0.1, 0.15) is 0 Å². The van der Waals surface area contributed by atoms with Crippen LogP contribution in [-0.4, -0.2) is 58.0 Å². The SMILES string of the molecule is CCS(=O)(=O)CCN(C)CC(=O)OC. The summed E-state index contributed by atoms with van der Waals surface area (Å²) in [7, 11) is 0.0363. The van der Waals surface area contributed by atoms with Gasteiger partial charge in [0.15, 0.2) is 9.84 Å². The lowest BCUT2D eigenvalue weighted by atomic mass is 10.5. The van der Waals surface area contributed by atoms with Crippen molar-refractivity contribution in [1.82, 2.24) is 4.90 Å². The summed E-state index contributed by atoms with van der Waals surface area (Å²) in [6.07, 6.45) is 0. The molecule has 0 aromatic carbocycles. The highest BCUT2D eigenvalue weighted by atomic mass is 32.2. The van der Waals surface area contributed by atoms with Gasteiger partial charge in [0.2, 0.25) is 0 Å². The van der Waals surface area contributed by atoms with Crippen LogP contribution in [0.3, 0.4) is 0 Å².